The van der Waals surface area contributed by atoms with Gasteiger partial charge < -0.3 is 4.90 Å². The molecule has 0 unspecified atom stereocenters. The van der Waals surface area contributed by atoms with Crippen molar-refractivity contribution < 1.29 is 13.7 Å². The molecule has 0 spiro atoms. The van der Waals surface area contributed by atoms with Crippen molar-refractivity contribution in [2.75, 3.05) is 18.0 Å². The molecule has 1 fully saturated rings. The number of halogens is 2. The van der Waals surface area contributed by atoms with E-state index in [9.17, 15) is 18.9 Å². The summed E-state index contributed by atoms with van der Waals surface area (Å²) in [5.41, 5.74) is 2.15. The second kappa shape index (κ2) is 6.62. The molecule has 25 heavy (non-hydrogen) atoms. The van der Waals surface area contributed by atoms with E-state index in [0.29, 0.717) is 43.0 Å². The summed E-state index contributed by atoms with van der Waals surface area (Å²) in [6.45, 7) is 2.84. The summed E-state index contributed by atoms with van der Waals surface area (Å²) >= 11 is 0. The highest BCUT2D eigenvalue weighted by atomic mass is 19.2. The molecule has 8 heteroatoms. The number of hydrogen-bond donors (Lipinski definition) is 0. The maximum atomic E-state index is 13.3. The lowest BCUT2D eigenvalue weighted by Gasteiger charge is -2.29. The van der Waals surface area contributed by atoms with Gasteiger partial charge in [0.1, 0.15) is 5.69 Å². The molecule has 0 N–H and O–H groups in total. The third kappa shape index (κ3) is 3.38. The number of benzene rings is 1. The highest BCUT2D eigenvalue weighted by molar-refractivity contribution is 5.62. The SMILES string of the molecule is Cc1nn(C)c(N2CCC(=Cc3ccc(F)c(F)c3)CC2)c1[N+](=O)[O-]. The number of piperidine rings is 1. The summed E-state index contributed by atoms with van der Waals surface area (Å²) in [6, 6.07) is 3.82. The number of anilines is 1. The van der Waals surface area contributed by atoms with Gasteiger partial charge in [0.15, 0.2) is 11.6 Å². The van der Waals surface area contributed by atoms with Crippen molar-refractivity contribution in [1.29, 1.82) is 0 Å². The van der Waals surface area contributed by atoms with Gasteiger partial charge >= 0.3 is 5.69 Å². The minimum Gasteiger partial charge on any atom is -0.350 e. The number of hydrogen-bond acceptors (Lipinski definition) is 4. The first-order chi connectivity index (χ1) is 11.9. The number of rotatable bonds is 3. The van der Waals surface area contributed by atoms with Crippen molar-refractivity contribution in [3.63, 3.8) is 0 Å². The summed E-state index contributed by atoms with van der Waals surface area (Å²) in [5.74, 6) is -1.22. The van der Waals surface area contributed by atoms with Crippen molar-refractivity contribution in [3.05, 3.63) is 56.8 Å². The molecule has 1 aromatic carbocycles. The van der Waals surface area contributed by atoms with Crippen molar-refractivity contribution in [1.82, 2.24) is 9.78 Å². The lowest BCUT2D eigenvalue weighted by atomic mass is 10.0. The van der Waals surface area contributed by atoms with Crippen LogP contribution < -0.4 is 4.90 Å². The van der Waals surface area contributed by atoms with E-state index in [4.69, 9.17) is 0 Å². The quantitative estimate of drug-likeness (QED) is 0.628. The minimum absolute atomic E-state index is 0.0375. The zero-order valence-electron chi connectivity index (χ0n) is 14.0. The van der Waals surface area contributed by atoms with E-state index in [1.807, 2.05) is 11.0 Å². The van der Waals surface area contributed by atoms with Gasteiger partial charge in [0.05, 0.1) is 4.92 Å². The van der Waals surface area contributed by atoms with Gasteiger partial charge in [-0.3, -0.25) is 10.1 Å². The monoisotopic (exact) mass is 348 g/mol. The van der Waals surface area contributed by atoms with Crippen molar-refractivity contribution >= 4 is 17.6 Å². The van der Waals surface area contributed by atoms with Gasteiger partial charge in [0.25, 0.3) is 0 Å². The topological polar surface area (TPSA) is 64.2 Å². The standard InChI is InChI=1S/C17H18F2N4O2/c1-11-16(23(24)25)17(21(2)20-11)22-7-5-12(6-8-22)9-13-3-4-14(18)15(19)10-13/h3-4,9-10H,5-8H2,1-2H3. The second-order valence-electron chi connectivity index (χ2n) is 6.10. The van der Waals surface area contributed by atoms with Gasteiger partial charge in [0, 0.05) is 20.1 Å². The van der Waals surface area contributed by atoms with Crippen molar-refractivity contribution in [2.45, 2.75) is 19.8 Å². The number of nitro groups is 1. The first-order valence-electron chi connectivity index (χ1n) is 7.94. The molecule has 2 heterocycles. The van der Waals surface area contributed by atoms with E-state index in [1.54, 1.807) is 14.0 Å². The largest absolute Gasteiger partial charge is 0.350 e. The predicted octanol–water partition coefficient (Wildman–Crippen LogP) is 3.60. The molecule has 0 aliphatic carbocycles. The molecule has 0 amide bonds. The summed E-state index contributed by atoms with van der Waals surface area (Å²) < 4.78 is 27.8. The van der Waals surface area contributed by atoms with Crippen LogP contribution in [0.2, 0.25) is 0 Å². The fraction of sp³-hybridized carbons (Fsp3) is 0.353. The molecule has 1 aliphatic rings. The van der Waals surface area contributed by atoms with Gasteiger partial charge in [-0.25, -0.2) is 13.5 Å². The molecule has 0 atom stereocenters. The first-order valence-corrected chi connectivity index (χ1v) is 7.94. The molecular weight excluding hydrogens is 330 g/mol. The smallest absolute Gasteiger partial charge is 0.333 e. The summed E-state index contributed by atoms with van der Waals surface area (Å²) in [5, 5.41) is 15.5. The Kier molecular flexibility index (Phi) is 4.52. The lowest BCUT2D eigenvalue weighted by molar-refractivity contribution is -0.384. The van der Waals surface area contributed by atoms with E-state index in [1.165, 1.54) is 16.8 Å². The molecule has 1 aliphatic heterocycles. The number of aromatic nitrogens is 2. The Morgan fingerprint density at radius 3 is 2.52 bits per heavy atom. The van der Waals surface area contributed by atoms with Crippen LogP contribution in [-0.2, 0) is 7.05 Å². The number of aryl methyl sites for hydroxylation is 2. The Labute approximate surface area is 143 Å². The Morgan fingerprint density at radius 1 is 1.24 bits per heavy atom. The zero-order chi connectivity index (χ0) is 18.1. The van der Waals surface area contributed by atoms with Gasteiger partial charge in [0.2, 0.25) is 5.82 Å². The van der Waals surface area contributed by atoms with E-state index in [2.05, 4.69) is 5.10 Å². The van der Waals surface area contributed by atoms with Crippen LogP contribution in [0.3, 0.4) is 0 Å². The minimum atomic E-state index is -0.868. The lowest BCUT2D eigenvalue weighted by Crippen LogP contribution is -2.32. The first kappa shape index (κ1) is 17.1. The van der Waals surface area contributed by atoms with E-state index in [0.717, 1.165) is 11.6 Å². The van der Waals surface area contributed by atoms with Crippen LogP contribution in [0.15, 0.2) is 23.8 Å². The average molecular weight is 348 g/mol. The average Bonchev–Trinajstić information content (AvgIpc) is 2.86. The second-order valence-corrected chi connectivity index (χ2v) is 6.10. The maximum Gasteiger partial charge on any atom is 0.333 e. The summed E-state index contributed by atoms with van der Waals surface area (Å²) in [7, 11) is 1.70. The molecule has 6 nitrogen and oxygen atoms in total. The molecule has 0 radical (unpaired) electrons. The zero-order valence-corrected chi connectivity index (χ0v) is 14.0. The Bertz CT molecular complexity index is 851. The summed E-state index contributed by atoms with van der Waals surface area (Å²) in [6.07, 6.45) is 3.24. The summed E-state index contributed by atoms with van der Waals surface area (Å²) in [4.78, 5) is 12.9. The van der Waals surface area contributed by atoms with Crippen LogP contribution in [0.4, 0.5) is 20.3 Å². The van der Waals surface area contributed by atoms with Crippen LogP contribution in [0, 0.1) is 28.7 Å². The fourth-order valence-corrected chi connectivity index (χ4v) is 3.19. The number of nitrogens with zero attached hydrogens (tertiary/aromatic N) is 4. The molecule has 0 saturated carbocycles. The molecule has 3 rings (SSSR count). The van der Waals surface area contributed by atoms with Crippen LogP contribution >= 0.6 is 0 Å². The van der Waals surface area contributed by atoms with Crippen LogP contribution in [0.25, 0.3) is 6.08 Å². The van der Waals surface area contributed by atoms with E-state index < -0.39 is 16.6 Å². The van der Waals surface area contributed by atoms with E-state index in [-0.39, 0.29) is 5.69 Å². The third-order valence-corrected chi connectivity index (χ3v) is 4.36. The third-order valence-electron chi connectivity index (χ3n) is 4.36. The Hall–Kier alpha value is -2.77. The predicted molar refractivity (Wildman–Crippen MR) is 90.4 cm³/mol. The normalized spacial score (nSPS) is 14.7. The Balaban J connectivity index is 1.77. The van der Waals surface area contributed by atoms with Crippen LogP contribution in [-0.4, -0.2) is 27.8 Å². The van der Waals surface area contributed by atoms with Crippen LogP contribution in [0.1, 0.15) is 24.1 Å². The van der Waals surface area contributed by atoms with Gasteiger partial charge in [-0.15, -0.1) is 0 Å². The Morgan fingerprint density at radius 2 is 1.92 bits per heavy atom. The molecular formula is C17H18F2N4O2. The van der Waals surface area contributed by atoms with Gasteiger partial charge in [-0.05, 0) is 37.5 Å². The fourth-order valence-electron chi connectivity index (χ4n) is 3.19. The molecule has 132 valence electrons. The van der Waals surface area contributed by atoms with Crippen LogP contribution in [0.5, 0.6) is 0 Å². The maximum absolute atomic E-state index is 13.3. The van der Waals surface area contributed by atoms with Crippen molar-refractivity contribution in [3.8, 4) is 0 Å². The van der Waals surface area contributed by atoms with Gasteiger partial charge in [-0.1, -0.05) is 17.7 Å². The van der Waals surface area contributed by atoms with E-state index >= 15 is 0 Å². The highest BCUT2D eigenvalue weighted by Gasteiger charge is 2.29. The van der Waals surface area contributed by atoms with Gasteiger partial charge in [-0.2, -0.15) is 5.10 Å². The molecule has 1 aromatic heterocycles. The highest BCUT2D eigenvalue weighted by Crippen LogP contribution is 2.33. The molecule has 0 bridgehead atoms. The molecule has 2 aromatic rings. The van der Waals surface area contributed by atoms with Crippen molar-refractivity contribution in [2.24, 2.45) is 7.05 Å². The molecule has 1 saturated heterocycles.